The second kappa shape index (κ2) is 3.67. The third-order valence-corrected chi connectivity index (χ3v) is 2.98. The molecule has 0 heterocycles. The Balaban J connectivity index is 2.07. The molecule has 1 radical (unpaired) electrons. The highest BCUT2D eigenvalue weighted by molar-refractivity contribution is 5.77. The van der Waals surface area contributed by atoms with Gasteiger partial charge in [0.05, 0.1) is 6.61 Å². The summed E-state index contributed by atoms with van der Waals surface area (Å²) in [6.45, 7) is 2.69. The van der Waals surface area contributed by atoms with Crippen molar-refractivity contribution in [2.24, 2.45) is 0 Å². The van der Waals surface area contributed by atoms with Gasteiger partial charge in [-0.25, -0.2) is 0 Å². The van der Waals surface area contributed by atoms with E-state index in [4.69, 9.17) is 4.74 Å². The second-order valence-electron chi connectivity index (χ2n) is 3.98. The van der Waals surface area contributed by atoms with Crippen LogP contribution in [0.1, 0.15) is 18.1 Å². The molecular weight excluding hydrogens is 196 g/mol. The summed E-state index contributed by atoms with van der Waals surface area (Å²) in [5, 5.41) is 0. The summed E-state index contributed by atoms with van der Waals surface area (Å²) in [6.07, 6.45) is 0.979. The first-order chi connectivity index (χ1) is 7.88. The minimum Gasteiger partial charge on any atom is -0.493 e. The lowest BCUT2D eigenvalue weighted by atomic mass is 10.1. The van der Waals surface area contributed by atoms with Crippen molar-refractivity contribution < 1.29 is 4.74 Å². The number of hydrogen-bond donors (Lipinski definition) is 0. The highest BCUT2D eigenvalue weighted by Gasteiger charge is 2.18. The first-order valence-electron chi connectivity index (χ1n) is 5.65. The van der Waals surface area contributed by atoms with Crippen LogP contribution in [0.2, 0.25) is 0 Å². The molecule has 2 aromatic carbocycles. The van der Waals surface area contributed by atoms with Crippen LogP contribution < -0.4 is 4.74 Å². The van der Waals surface area contributed by atoms with Crippen molar-refractivity contribution in [2.75, 3.05) is 6.61 Å². The SMILES string of the molecule is CCOc1[c]c2c(cc1)-c1ccccc1C2. The summed E-state index contributed by atoms with van der Waals surface area (Å²) in [5.41, 5.74) is 5.30. The van der Waals surface area contributed by atoms with Crippen molar-refractivity contribution in [3.05, 3.63) is 53.6 Å². The molecule has 1 aliphatic carbocycles. The van der Waals surface area contributed by atoms with Gasteiger partial charge < -0.3 is 4.74 Å². The minimum absolute atomic E-state index is 0.697. The molecule has 0 aromatic heterocycles. The Labute approximate surface area is 95.7 Å². The van der Waals surface area contributed by atoms with Crippen molar-refractivity contribution in [1.82, 2.24) is 0 Å². The Kier molecular flexibility index (Phi) is 2.17. The third kappa shape index (κ3) is 1.40. The van der Waals surface area contributed by atoms with Crippen molar-refractivity contribution in [3.63, 3.8) is 0 Å². The van der Waals surface area contributed by atoms with Gasteiger partial charge in [-0.3, -0.25) is 0 Å². The Hall–Kier alpha value is -1.76. The molecule has 0 fully saturated rings. The third-order valence-electron chi connectivity index (χ3n) is 2.98. The molecule has 1 nitrogen and oxygen atoms in total. The molecule has 0 unspecified atom stereocenters. The molecule has 0 atom stereocenters. The lowest BCUT2D eigenvalue weighted by Crippen LogP contribution is -1.92. The zero-order chi connectivity index (χ0) is 11.0. The second-order valence-corrected chi connectivity index (χ2v) is 3.98. The summed E-state index contributed by atoms with van der Waals surface area (Å²) in [7, 11) is 0. The normalized spacial score (nSPS) is 12.1. The van der Waals surface area contributed by atoms with E-state index in [-0.39, 0.29) is 0 Å². The monoisotopic (exact) mass is 209 g/mol. The molecule has 0 saturated carbocycles. The predicted octanol–water partition coefficient (Wildman–Crippen LogP) is 3.46. The van der Waals surface area contributed by atoms with E-state index < -0.39 is 0 Å². The average molecular weight is 209 g/mol. The van der Waals surface area contributed by atoms with Crippen molar-refractivity contribution in [1.29, 1.82) is 0 Å². The lowest BCUT2D eigenvalue weighted by Gasteiger charge is -2.05. The Morgan fingerprint density at radius 3 is 2.88 bits per heavy atom. The average Bonchev–Trinajstić information content (AvgIpc) is 2.67. The highest BCUT2D eigenvalue weighted by atomic mass is 16.5. The zero-order valence-electron chi connectivity index (χ0n) is 9.29. The summed E-state index contributed by atoms with van der Waals surface area (Å²) in [4.78, 5) is 0. The van der Waals surface area contributed by atoms with Crippen molar-refractivity contribution >= 4 is 0 Å². The van der Waals surface area contributed by atoms with E-state index in [0.717, 1.165) is 12.2 Å². The fourth-order valence-corrected chi connectivity index (χ4v) is 2.28. The molecule has 0 saturated heterocycles. The zero-order valence-corrected chi connectivity index (χ0v) is 9.29. The van der Waals surface area contributed by atoms with Crippen LogP contribution >= 0.6 is 0 Å². The molecule has 79 valence electrons. The van der Waals surface area contributed by atoms with Crippen LogP contribution in [0.5, 0.6) is 5.75 Å². The number of hydrogen-bond acceptors (Lipinski definition) is 1. The Bertz CT molecular complexity index is 529. The van der Waals surface area contributed by atoms with Crippen molar-refractivity contribution in [3.8, 4) is 16.9 Å². The fourth-order valence-electron chi connectivity index (χ4n) is 2.28. The van der Waals surface area contributed by atoms with Gasteiger partial charge in [-0.15, -0.1) is 0 Å². The molecule has 0 amide bonds. The molecule has 1 aliphatic rings. The van der Waals surface area contributed by atoms with Crippen molar-refractivity contribution in [2.45, 2.75) is 13.3 Å². The van der Waals surface area contributed by atoms with Gasteiger partial charge in [0.15, 0.2) is 0 Å². The van der Waals surface area contributed by atoms with E-state index in [1.54, 1.807) is 0 Å². The molecule has 1 heteroatoms. The van der Waals surface area contributed by atoms with Crippen LogP contribution in [-0.2, 0) is 6.42 Å². The molecule has 3 rings (SSSR count). The van der Waals surface area contributed by atoms with Gasteiger partial charge in [0, 0.05) is 6.07 Å². The minimum atomic E-state index is 0.697. The molecule has 0 bridgehead atoms. The maximum absolute atomic E-state index is 5.47. The summed E-state index contributed by atoms with van der Waals surface area (Å²) >= 11 is 0. The number of rotatable bonds is 2. The maximum atomic E-state index is 5.47. The standard InChI is InChI=1S/C15H13O/c1-2-16-13-7-8-15-12(10-13)9-11-5-3-4-6-14(11)15/h3-8H,2,9H2,1H3. The summed E-state index contributed by atoms with van der Waals surface area (Å²) in [6, 6.07) is 16.0. The Morgan fingerprint density at radius 2 is 2.00 bits per heavy atom. The predicted molar refractivity (Wildman–Crippen MR) is 64.7 cm³/mol. The first-order valence-corrected chi connectivity index (χ1v) is 5.65. The molecular formula is C15H13O. The largest absolute Gasteiger partial charge is 0.493 e. The molecule has 16 heavy (non-hydrogen) atoms. The fraction of sp³-hybridized carbons (Fsp3) is 0.200. The van der Waals surface area contributed by atoms with Gasteiger partial charge in [-0.2, -0.15) is 0 Å². The maximum Gasteiger partial charge on any atom is 0.127 e. The molecule has 2 aromatic rings. The number of ether oxygens (including phenoxy) is 1. The smallest absolute Gasteiger partial charge is 0.127 e. The van der Waals surface area contributed by atoms with Gasteiger partial charge >= 0.3 is 0 Å². The first kappa shape index (κ1) is 9.46. The molecule has 0 spiro atoms. The summed E-state index contributed by atoms with van der Waals surface area (Å²) < 4.78 is 5.47. The lowest BCUT2D eigenvalue weighted by molar-refractivity contribution is 0.339. The van der Waals surface area contributed by atoms with Gasteiger partial charge in [0.25, 0.3) is 0 Å². The van der Waals surface area contributed by atoms with Gasteiger partial charge in [0.1, 0.15) is 5.75 Å². The van der Waals surface area contributed by atoms with Crippen LogP contribution in [0.4, 0.5) is 0 Å². The van der Waals surface area contributed by atoms with Gasteiger partial charge in [0.2, 0.25) is 0 Å². The molecule has 0 N–H and O–H groups in total. The van der Waals surface area contributed by atoms with Crippen LogP contribution in [0.3, 0.4) is 0 Å². The van der Waals surface area contributed by atoms with E-state index >= 15 is 0 Å². The van der Waals surface area contributed by atoms with E-state index in [9.17, 15) is 0 Å². The Morgan fingerprint density at radius 1 is 1.12 bits per heavy atom. The van der Waals surface area contributed by atoms with E-state index in [0.29, 0.717) is 6.61 Å². The quantitative estimate of drug-likeness (QED) is 0.628. The van der Waals surface area contributed by atoms with Crippen LogP contribution in [0.25, 0.3) is 11.1 Å². The topological polar surface area (TPSA) is 9.23 Å². The number of fused-ring (bicyclic) bond motifs is 3. The van der Waals surface area contributed by atoms with Crippen LogP contribution in [0, 0.1) is 6.07 Å². The number of benzene rings is 2. The molecule has 0 aliphatic heterocycles. The van der Waals surface area contributed by atoms with Gasteiger partial charge in [-0.1, -0.05) is 30.3 Å². The van der Waals surface area contributed by atoms with Gasteiger partial charge in [-0.05, 0) is 41.7 Å². The van der Waals surface area contributed by atoms with E-state index in [1.807, 2.05) is 13.0 Å². The van der Waals surface area contributed by atoms with E-state index in [2.05, 4.69) is 36.4 Å². The summed E-state index contributed by atoms with van der Waals surface area (Å²) in [5.74, 6) is 0.856. The van der Waals surface area contributed by atoms with Crippen LogP contribution in [0.15, 0.2) is 36.4 Å². The van der Waals surface area contributed by atoms with E-state index in [1.165, 1.54) is 22.3 Å². The van der Waals surface area contributed by atoms with Crippen LogP contribution in [-0.4, -0.2) is 6.61 Å². The highest BCUT2D eigenvalue weighted by Crippen LogP contribution is 2.37.